The predicted octanol–water partition coefficient (Wildman–Crippen LogP) is 3.21. The average molecular weight is 492 g/mol. The Labute approximate surface area is 207 Å². The molecule has 3 amide bonds. The number of nitrogens with one attached hydrogen (secondary N) is 1. The molecule has 0 saturated carbocycles. The van der Waals surface area contributed by atoms with Gasteiger partial charge in [-0.25, -0.2) is 4.39 Å². The number of piperidine rings is 1. The summed E-state index contributed by atoms with van der Waals surface area (Å²) in [6.07, 6.45) is 2.12. The molecule has 1 spiro atoms. The number of hydrogen-bond acceptors (Lipinski definition) is 5. The van der Waals surface area contributed by atoms with Crippen LogP contribution in [0.25, 0.3) is 0 Å². The van der Waals surface area contributed by atoms with Crippen LogP contribution in [-0.2, 0) is 16.1 Å². The standard InChI is InChI=1S/C27H26FN3O5/c28-22-11-5-4-10-21(22)26(34)30-14-12-27(13-15-30)31(25(33)19-7-2-1-3-8-19)23(18-36-27)24(32)29-17-20-9-6-16-35-20/h1-11,16,23H,12-15,17-18H2,(H,29,32)/t23-/m0/s1. The number of likely N-dealkylation sites (tertiary alicyclic amines) is 1. The third-order valence-corrected chi connectivity index (χ3v) is 6.76. The maximum absolute atomic E-state index is 14.2. The van der Waals surface area contributed by atoms with Crippen molar-refractivity contribution in [2.24, 2.45) is 0 Å². The first-order valence-corrected chi connectivity index (χ1v) is 11.8. The van der Waals surface area contributed by atoms with Gasteiger partial charge in [0.1, 0.15) is 23.3 Å². The molecule has 2 saturated heterocycles. The topological polar surface area (TPSA) is 92.1 Å². The Kier molecular flexibility index (Phi) is 6.56. The van der Waals surface area contributed by atoms with Crippen molar-refractivity contribution in [3.8, 4) is 0 Å². The Morgan fingerprint density at radius 1 is 0.944 bits per heavy atom. The normalized spacial score (nSPS) is 18.9. The first-order valence-electron chi connectivity index (χ1n) is 11.8. The molecule has 0 unspecified atom stereocenters. The number of carbonyl (C=O) groups is 3. The van der Waals surface area contributed by atoms with Crippen LogP contribution in [0.4, 0.5) is 4.39 Å². The molecule has 2 aliphatic heterocycles. The summed E-state index contributed by atoms with van der Waals surface area (Å²) in [6, 6.07) is 17.2. The van der Waals surface area contributed by atoms with Crippen molar-refractivity contribution in [1.29, 1.82) is 0 Å². The molecular weight excluding hydrogens is 465 g/mol. The summed E-state index contributed by atoms with van der Waals surface area (Å²) in [5.41, 5.74) is -0.602. The molecule has 3 heterocycles. The number of nitrogens with zero attached hydrogens (tertiary/aromatic N) is 2. The van der Waals surface area contributed by atoms with Gasteiger partial charge in [-0.1, -0.05) is 30.3 Å². The van der Waals surface area contributed by atoms with Gasteiger partial charge in [0.05, 0.1) is 25.0 Å². The summed E-state index contributed by atoms with van der Waals surface area (Å²) in [7, 11) is 0. The van der Waals surface area contributed by atoms with E-state index >= 15 is 0 Å². The van der Waals surface area contributed by atoms with Crippen LogP contribution in [0.15, 0.2) is 77.4 Å². The van der Waals surface area contributed by atoms with Gasteiger partial charge < -0.3 is 19.4 Å². The zero-order chi connectivity index (χ0) is 25.1. The highest BCUT2D eigenvalue weighted by molar-refractivity contribution is 5.98. The fourth-order valence-electron chi connectivity index (χ4n) is 4.86. The zero-order valence-electron chi connectivity index (χ0n) is 19.6. The van der Waals surface area contributed by atoms with Gasteiger partial charge in [0.15, 0.2) is 0 Å². The van der Waals surface area contributed by atoms with Crippen LogP contribution in [0.2, 0.25) is 0 Å². The zero-order valence-corrected chi connectivity index (χ0v) is 19.6. The molecule has 3 aromatic rings. The van der Waals surface area contributed by atoms with E-state index in [9.17, 15) is 18.8 Å². The van der Waals surface area contributed by atoms with Gasteiger partial charge >= 0.3 is 0 Å². The van der Waals surface area contributed by atoms with E-state index in [-0.39, 0.29) is 43.6 Å². The summed E-state index contributed by atoms with van der Waals surface area (Å²) in [4.78, 5) is 42.8. The van der Waals surface area contributed by atoms with E-state index in [2.05, 4.69) is 5.32 Å². The van der Waals surface area contributed by atoms with Gasteiger partial charge in [-0.3, -0.25) is 19.3 Å². The largest absolute Gasteiger partial charge is 0.467 e. The minimum atomic E-state index is -1.05. The van der Waals surface area contributed by atoms with E-state index in [1.54, 1.807) is 47.4 Å². The van der Waals surface area contributed by atoms with Crippen LogP contribution in [0.5, 0.6) is 0 Å². The maximum Gasteiger partial charge on any atom is 0.256 e. The second-order valence-electron chi connectivity index (χ2n) is 8.88. The highest BCUT2D eigenvalue weighted by Crippen LogP contribution is 2.39. The lowest BCUT2D eigenvalue weighted by molar-refractivity contribution is -0.128. The smallest absolute Gasteiger partial charge is 0.256 e. The number of halogens is 1. The summed E-state index contributed by atoms with van der Waals surface area (Å²) in [5.74, 6) is -1.06. The highest BCUT2D eigenvalue weighted by atomic mass is 19.1. The summed E-state index contributed by atoms with van der Waals surface area (Å²) in [6.45, 7) is 0.733. The predicted molar refractivity (Wildman–Crippen MR) is 127 cm³/mol. The van der Waals surface area contributed by atoms with E-state index in [1.807, 2.05) is 6.07 Å². The van der Waals surface area contributed by atoms with Crippen molar-refractivity contribution in [2.45, 2.75) is 31.2 Å². The first-order chi connectivity index (χ1) is 17.5. The molecule has 0 radical (unpaired) electrons. The number of carbonyl (C=O) groups excluding carboxylic acids is 3. The molecule has 2 aliphatic rings. The molecule has 2 aromatic carbocycles. The lowest BCUT2D eigenvalue weighted by Crippen LogP contribution is -2.59. The quantitative estimate of drug-likeness (QED) is 0.592. The maximum atomic E-state index is 14.2. The number of amides is 3. The summed E-state index contributed by atoms with van der Waals surface area (Å²) >= 11 is 0. The van der Waals surface area contributed by atoms with Crippen molar-refractivity contribution in [3.05, 3.63) is 95.7 Å². The van der Waals surface area contributed by atoms with E-state index in [1.165, 1.54) is 29.4 Å². The van der Waals surface area contributed by atoms with E-state index in [0.29, 0.717) is 24.2 Å². The number of rotatable bonds is 5. The van der Waals surface area contributed by atoms with Crippen LogP contribution in [-0.4, -0.2) is 59.0 Å². The molecule has 1 atom stereocenters. The number of hydrogen-bond donors (Lipinski definition) is 1. The van der Waals surface area contributed by atoms with Crippen LogP contribution >= 0.6 is 0 Å². The summed E-state index contributed by atoms with van der Waals surface area (Å²) in [5, 5.41) is 2.83. The number of furan rings is 1. The first kappa shape index (κ1) is 23.7. The molecule has 5 rings (SSSR count). The van der Waals surface area contributed by atoms with Gasteiger partial charge in [-0.2, -0.15) is 0 Å². The van der Waals surface area contributed by atoms with Crippen molar-refractivity contribution in [3.63, 3.8) is 0 Å². The molecular formula is C27H26FN3O5. The third-order valence-electron chi connectivity index (χ3n) is 6.76. The van der Waals surface area contributed by atoms with Gasteiger partial charge in [0, 0.05) is 31.5 Å². The second kappa shape index (κ2) is 9.94. The Hall–Kier alpha value is -3.98. The van der Waals surface area contributed by atoms with Crippen molar-refractivity contribution < 1.29 is 27.9 Å². The minimum absolute atomic E-state index is 0.00758. The van der Waals surface area contributed by atoms with E-state index in [4.69, 9.17) is 9.15 Å². The SMILES string of the molecule is O=C(NCc1ccco1)[C@@H]1COC2(CCN(C(=O)c3ccccc3F)CC2)N1C(=O)c1ccccc1. The fraction of sp³-hybridized carbons (Fsp3) is 0.296. The molecule has 36 heavy (non-hydrogen) atoms. The van der Waals surface area contributed by atoms with Crippen LogP contribution in [0.1, 0.15) is 39.3 Å². The lowest BCUT2D eigenvalue weighted by Gasteiger charge is -2.44. The van der Waals surface area contributed by atoms with Gasteiger partial charge in [0.25, 0.3) is 11.8 Å². The minimum Gasteiger partial charge on any atom is -0.467 e. The number of benzene rings is 2. The molecule has 8 nitrogen and oxygen atoms in total. The molecule has 1 N–H and O–H groups in total. The van der Waals surface area contributed by atoms with Crippen LogP contribution in [0.3, 0.4) is 0 Å². The third kappa shape index (κ3) is 4.49. The van der Waals surface area contributed by atoms with Gasteiger partial charge in [-0.15, -0.1) is 0 Å². The molecule has 9 heteroatoms. The van der Waals surface area contributed by atoms with Crippen LogP contribution in [0, 0.1) is 5.82 Å². The monoisotopic (exact) mass is 491 g/mol. The van der Waals surface area contributed by atoms with Gasteiger partial charge in [-0.05, 0) is 36.4 Å². The molecule has 2 fully saturated rings. The van der Waals surface area contributed by atoms with Crippen molar-refractivity contribution in [1.82, 2.24) is 15.1 Å². The van der Waals surface area contributed by atoms with Gasteiger partial charge in [0.2, 0.25) is 5.91 Å². The van der Waals surface area contributed by atoms with E-state index < -0.39 is 23.5 Å². The lowest BCUT2D eigenvalue weighted by atomic mass is 9.96. The highest BCUT2D eigenvalue weighted by Gasteiger charge is 2.54. The van der Waals surface area contributed by atoms with E-state index in [0.717, 1.165) is 0 Å². The summed E-state index contributed by atoms with van der Waals surface area (Å²) < 4.78 is 25.6. The average Bonchev–Trinajstić information content (AvgIpc) is 3.56. The Bertz CT molecular complexity index is 1240. The second-order valence-corrected chi connectivity index (χ2v) is 8.88. The molecule has 0 bridgehead atoms. The van der Waals surface area contributed by atoms with Crippen molar-refractivity contribution in [2.75, 3.05) is 19.7 Å². The Morgan fingerprint density at radius 2 is 1.67 bits per heavy atom. The van der Waals surface area contributed by atoms with Crippen LogP contribution < -0.4 is 5.32 Å². The number of ether oxygens (including phenoxy) is 1. The molecule has 1 aromatic heterocycles. The Morgan fingerprint density at radius 3 is 2.36 bits per heavy atom. The van der Waals surface area contributed by atoms with Crippen molar-refractivity contribution >= 4 is 17.7 Å². The fourth-order valence-corrected chi connectivity index (χ4v) is 4.86. The molecule has 0 aliphatic carbocycles. The Balaban J connectivity index is 1.36. The molecule has 186 valence electrons.